The Bertz CT molecular complexity index is 741. The zero-order chi connectivity index (χ0) is 17.6. The first-order valence-electron chi connectivity index (χ1n) is 8.55. The minimum Gasteiger partial charge on any atom is -0.390 e. The number of aryl methyl sites for hydroxylation is 1. The highest BCUT2D eigenvalue weighted by Crippen LogP contribution is 2.18. The van der Waals surface area contributed by atoms with E-state index in [0.29, 0.717) is 13.0 Å². The molecule has 130 valence electrons. The van der Waals surface area contributed by atoms with Crippen LogP contribution in [-0.2, 0) is 11.3 Å². The van der Waals surface area contributed by atoms with Gasteiger partial charge in [0.1, 0.15) is 0 Å². The lowest BCUT2D eigenvalue weighted by Gasteiger charge is -2.20. The second kappa shape index (κ2) is 7.83. The number of hydrogen-bond donors (Lipinski definition) is 1. The number of oxime groups is 1. The van der Waals surface area contributed by atoms with Gasteiger partial charge in [-0.25, -0.2) is 4.79 Å². The second-order valence-corrected chi connectivity index (χ2v) is 6.20. The predicted octanol–water partition coefficient (Wildman–Crippen LogP) is 3.91. The minimum absolute atomic E-state index is 0.117. The molecule has 1 atom stereocenters. The van der Waals surface area contributed by atoms with E-state index in [4.69, 9.17) is 4.84 Å². The van der Waals surface area contributed by atoms with Crippen molar-refractivity contribution in [1.82, 2.24) is 4.90 Å². The first-order valence-corrected chi connectivity index (χ1v) is 8.55. The number of nitrogens with one attached hydrogen (secondary N) is 1. The zero-order valence-corrected chi connectivity index (χ0v) is 14.6. The van der Waals surface area contributed by atoms with Crippen LogP contribution in [0.25, 0.3) is 0 Å². The number of anilines is 1. The van der Waals surface area contributed by atoms with E-state index in [9.17, 15) is 4.79 Å². The monoisotopic (exact) mass is 337 g/mol. The van der Waals surface area contributed by atoms with E-state index in [2.05, 4.69) is 17.4 Å². The number of likely N-dealkylation sites (N-methyl/N-ethyl adjacent to an activating group) is 1. The maximum absolute atomic E-state index is 12.3. The van der Waals surface area contributed by atoms with Gasteiger partial charge in [-0.3, -0.25) is 0 Å². The number of benzene rings is 2. The predicted molar refractivity (Wildman–Crippen MR) is 99.9 cm³/mol. The minimum atomic E-state index is -0.152. The van der Waals surface area contributed by atoms with Crippen LogP contribution in [0.5, 0.6) is 0 Å². The molecule has 0 aromatic heterocycles. The fourth-order valence-electron chi connectivity index (χ4n) is 2.76. The van der Waals surface area contributed by atoms with Crippen LogP contribution < -0.4 is 5.32 Å². The van der Waals surface area contributed by atoms with Crippen LogP contribution in [0, 0.1) is 0 Å². The molecule has 1 aliphatic heterocycles. The van der Waals surface area contributed by atoms with Crippen molar-refractivity contribution in [3.63, 3.8) is 0 Å². The number of rotatable bonds is 5. The Morgan fingerprint density at radius 3 is 2.60 bits per heavy atom. The molecule has 1 N–H and O–H groups in total. The van der Waals surface area contributed by atoms with E-state index in [1.165, 1.54) is 5.56 Å². The highest BCUT2D eigenvalue weighted by molar-refractivity contribution is 6.01. The molecule has 0 aliphatic carbocycles. The van der Waals surface area contributed by atoms with Crippen molar-refractivity contribution >= 4 is 17.4 Å². The molecule has 1 aliphatic rings. The van der Waals surface area contributed by atoms with Crippen molar-refractivity contribution in [3.05, 3.63) is 65.7 Å². The van der Waals surface area contributed by atoms with Gasteiger partial charge in [-0.1, -0.05) is 54.5 Å². The standard InChI is InChI=1S/C20H23N3O2/c1-3-15-9-11-17(12-10-15)21-20(24)23(2)14-18-13-19(22-25-18)16-7-5-4-6-8-16/h4-12,18H,3,13-14H2,1-2H3,(H,21,24). The average molecular weight is 337 g/mol. The van der Waals surface area contributed by atoms with Crippen LogP contribution in [0.3, 0.4) is 0 Å². The average Bonchev–Trinajstić information content (AvgIpc) is 3.11. The third-order valence-electron chi connectivity index (χ3n) is 4.28. The molecular weight excluding hydrogens is 314 g/mol. The summed E-state index contributed by atoms with van der Waals surface area (Å²) >= 11 is 0. The fraction of sp³-hybridized carbons (Fsp3) is 0.300. The van der Waals surface area contributed by atoms with Gasteiger partial charge in [0.05, 0.1) is 12.3 Å². The summed E-state index contributed by atoms with van der Waals surface area (Å²) in [5.41, 5.74) is 4.03. The van der Waals surface area contributed by atoms with Crippen molar-refractivity contribution in [3.8, 4) is 0 Å². The molecule has 5 nitrogen and oxygen atoms in total. The van der Waals surface area contributed by atoms with Crippen molar-refractivity contribution in [1.29, 1.82) is 0 Å². The van der Waals surface area contributed by atoms with Gasteiger partial charge < -0.3 is 15.1 Å². The summed E-state index contributed by atoms with van der Waals surface area (Å²) in [5.74, 6) is 0. The number of carbonyl (C=O) groups excluding carboxylic acids is 1. The molecule has 2 aromatic rings. The Morgan fingerprint density at radius 1 is 1.20 bits per heavy atom. The number of hydrogen-bond acceptors (Lipinski definition) is 3. The van der Waals surface area contributed by atoms with Gasteiger partial charge in [0.15, 0.2) is 6.10 Å². The Kier molecular flexibility index (Phi) is 5.33. The second-order valence-electron chi connectivity index (χ2n) is 6.20. The molecular formula is C20H23N3O2. The maximum atomic E-state index is 12.3. The van der Waals surface area contributed by atoms with Gasteiger partial charge in [-0.2, -0.15) is 0 Å². The normalized spacial score (nSPS) is 16.1. The molecule has 0 spiro atoms. The first kappa shape index (κ1) is 17.0. The molecule has 2 aromatic carbocycles. The third-order valence-corrected chi connectivity index (χ3v) is 4.28. The van der Waals surface area contributed by atoms with E-state index in [1.54, 1.807) is 11.9 Å². The van der Waals surface area contributed by atoms with Gasteiger partial charge in [0, 0.05) is 19.2 Å². The van der Waals surface area contributed by atoms with Crippen molar-refractivity contribution in [2.45, 2.75) is 25.9 Å². The lowest BCUT2D eigenvalue weighted by Crippen LogP contribution is -2.37. The summed E-state index contributed by atoms with van der Waals surface area (Å²) in [6, 6.07) is 17.7. The van der Waals surface area contributed by atoms with Gasteiger partial charge in [-0.05, 0) is 29.7 Å². The summed E-state index contributed by atoms with van der Waals surface area (Å²) in [5, 5.41) is 7.06. The quantitative estimate of drug-likeness (QED) is 0.899. The molecule has 0 fully saturated rings. The topological polar surface area (TPSA) is 53.9 Å². The largest absolute Gasteiger partial charge is 0.390 e. The molecule has 25 heavy (non-hydrogen) atoms. The number of carbonyl (C=O) groups is 1. The van der Waals surface area contributed by atoms with Crippen LogP contribution >= 0.6 is 0 Å². The molecule has 5 heteroatoms. The highest BCUT2D eigenvalue weighted by atomic mass is 16.6. The van der Waals surface area contributed by atoms with Crippen molar-refractivity contribution in [2.75, 3.05) is 18.9 Å². The Morgan fingerprint density at radius 2 is 1.92 bits per heavy atom. The number of nitrogens with zero attached hydrogens (tertiary/aromatic N) is 2. The third kappa shape index (κ3) is 4.38. The summed E-state index contributed by atoms with van der Waals surface area (Å²) in [7, 11) is 1.76. The lowest BCUT2D eigenvalue weighted by molar-refractivity contribution is 0.0672. The van der Waals surface area contributed by atoms with E-state index < -0.39 is 0 Å². The van der Waals surface area contributed by atoms with Crippen LogP contribution in [0.15, 0.2) is 59.8 Å². The van der Waals surface area contributed by atoms with E-state index in [0.717, 1.165) is 23.4 Å². The SMILES string of the molecule is CCc1ccc(NC(=O)N(C)CC2CC(c3ccccc3)=NO2)cc1. The van der Waals surface area contributed by atoms with Gasteiger partial charge >= 0.3 is 6.03 Å². The smallest absolute Gasteiger partial charge is 0.321 e. The van der Waals surface area contributed by atoms with Crippen LogP contribution in [0.1, 0.15) is 24.5 Å². The van der Waals surface area contributed by atoms with Gasteiger partial charge in [0.25, 0.3) is 0 Å². The molecule has 0 radical (unpaired) electrons. The number of urea groups is 1. The van der Waals surface area contributed by atoms with Gasteiger partial charge in [0.2, 0.25) is 0 Å². The lowest BCUT2D eigenvalue weighted by atomic mass is 10.1. The molecule has 1 heterocycles. The summed E-state index contributed by atoms with van der Waals surface area (Å²) in [6.45, 7) is 2.59. The van der Waals surface area contributed by atoms with Crippen LogP contribution in [-0.4, -0.2) is 36.3 Å². The molecule has 3 rings (SSSR count). The molecule has 2 amide bonds. The summed E-state index contributed by atoms with van der Waals surface area (Å²) < 4.78 is 0. The molecule has 0 saturated carbocycles. The van der Waals surface area contributed by atoms with Crippen LogP contribution in [0.2, 0.25) is 0 Å². The van der Waals surface area contributed by atoms with Gasteiger partial charge in [-0.15, -0.1) is 0 Å². The summed E-state index contributed by atoms with van der Waals surface area (Å²) in [6.07, 6.45) is 1.57. The molecule has 1 unspecified atom stereocenters. The molecule has 0 saturated heterocycles. The zero-order valence-electron chi connectivity index (χ0n) is 14.6. The Balaban J connectivity index is 1.50. The van der Waals surface area contributed by atoms with Crippen molar-refractivity contribution in [2.24, 2.45) is 5.16 Å². The van der Waals surface area contributed by atoms with E-state index in [-0.39, 0.29) is 12.1 Å². The number of amides is 2. The van der Waals surface area contributed by atoms with E-state index >= 15 is 0 Å². The summed E-state index contributed by atoms with van der Waals surface area (Å²) in [4.78, 5) is 19.4. The Hall–Kier alpha value is -2.82. The van der Waals surface area contributed by atoms with Crippen molar-refractivity contribution < 1.29 is 9.63 Å². The highest BCUT2D eigenvalue weighted by Gasteiger charge is 2.25. The first-order chi connectivity index (χ1) is 12.2. The van der Waals surface area contributed by atoms with E-state index in [1.807, 2.05) is 54.6 Å². The molecule has 0 bridgehead atoms. The Labute approximate surface area is 148 Å². The van der Waals surface area contributed by atoms with Crippen LogP contribution in [0.4, 0.5) is 10.5 Å². The fourth-order valence-corrected chi connectivity index (χ4v) is 2.76. The maximum Gasteiger partial charge on any atom is 0.321 e.